The summed E-state index contributed by atoms with van der Waals surface area (Å²) in [6.45, 7) is 1.87. The van der Waals surface area contributed by atoms with Crippen molar-refractivity contribution in [3.8, 4) is 0 Å². The van der Waals surface area contributed by atoms with Gasteiger partial charge >= 0.3 is 0 Å². The lowest BCUT2D eigenvalue weighted by Crippen LogP contribution is -2.37. The Morgan fingerprint density at radius 3 is 2.53 bits per heavy atom. The molecule has 2 rings (SSSR count). The number of halogens is 1. The molecule has 0 aromatic carbocycles. The number of amides is 1. The van der Waals surface area contributed by atoms with Crippen molar-refractivity contribution in [3.05, 3.63) is 28.5 Å². The molecule has 1 amide bonds. The quantitative estimate of drug-likeness (QED) is 0.771. The molecule has 1 aliphatic rings. The van der Waals surface area contributed by atoms with E-state index in [4.69, 9.17) is 11.6 Å². The lowest BCUT2D eigenvalue weighted by molar-refractivity contribution is 0.0717. The van der Waals surface area contributed by atoms with E-state index >= 15 is 0 Å². The molecule has 1 aromatic rings. The summed E-state index contributed by atoms with van der Waals surface area (Å²) in [6, 6.07) is 2.09. The van der Waals surface area contributed by atoms with Gasteiger partial charge in [0.05, 0.1) is 10.6 Å². The van der Waals surface area contributed by atoms with Crippen LogP contribution in [0, 0.1) is 6.92 Å². The molecular formula is C15H21ClN2O. The van der Waals surface area contributed by atoms with Gasteiger partial charge < -0.3 is 4.90 Å². The van der Waals surface area contributed by atoms with Crippen LogP contribution in [0.25, 0.3) is 0 Å². The first-order valence-corrected chi connectivity index (χ1v) is 7.36. The van der Waals surface area contributed by atoms with E-state index in [1.54, 1.807) is 12.3 Å². The summed E-state index contributed by atoms with van der Waals surface area (Å²) in [4.78, 5) is 18.5. The van der Waals surface area contributed by atoms with Crippen molar-refractivity contribution in [2.75, 3.05) is 7.05 Å². The van der Waals surface area contributed by atoms with Gasteiger partial charge in [-0.15, -0.1) is 0 Å². The van der Waals surface area contributed by atoms with Gasteiger partial charge in [-0.3, -0.25) is 9.78 Å². The third-order valence-electron chi connectivity index (χ3n) is 3.91. The molecule has 19 heavy (non-hydrogen) atoms. The van der Waals surface area contributed by atoms with Gasteiger partial charge in [-0.1, -0.05) is 37.3 Å². The van der Waals surface area contributed by atoms with Crippen LogP contribution < -0.4 is 0 Å². The van der Waals surface area contributed by atoms with Crippen molar-refractivity contribution in [2.45, 2.75) is 51.5 Å². The van der Waals surface area contributed by atoms with Gasteiger partial charge in [0.15, 0.2) is 0 Å². The Hall–Kier alpha value is -1.09. The van der Waals surface area contributed by atoms with Crippen LogP contribution in [0.5, 0.6) is 0 Å². The highest BCUT2D eigenvalue weighted by Crippen LogP contribution is 2.24. The molecule has 1 saturated carbocycles. The third kappa shape index (κ3) is 3.47. The van der Waals surface area contributed by atoms with E-state index < -0.39 is 0 Å². The number of aromatic nitrogens is 1. The second kappa shape index (κ2) is 6.38. The summed E-state index contributed by atoms with van der Waals surface area (Å²) in [5.74, 6) is -0.00981. The van der Waals surface area contributed by atoms with Crippen LogP contribution in [0.3, 0.4) is 0 Å². The Morgan fingerprint density at radius 2 is 1.95 bits per heavy atom. The molecule has 4 heteroatoms. The van der Waals surface area contributed by atoms with Crippen LogP contribution in [-0.4, -0.2) is 28.9 Å². The minimum Gasteiger partial charge on any atom is -0.339 e. The molecule has 0 radical (unpaired) electrons. The van der Waals surface area contributed by atoms with Gasteiger partial charge in [0.2, 0.25) is 0 Å². The van der Waals surface area contributed by atoms with Gasteiger partial charge in [-0.25, -0.2) is 0 Å². The van der Waals surface area contributed by atoms with Crippen LogP contribution in [0.1, 0.15) is 54.6 Å². The molecule has 0 aliphatic heterocycles. The maximum absolute atomic E-state index is 12.5. The molecule has 0 spiro atoms. The average molecular weight is 281 g/mol. The molecule has 0 bridgehead atoms. The predicted molar refractivity (Wildman–Crippen MR) is 77.6 cm³/mol. The number of rotatable bonds is 2. The second-order valence-corrected chi connectivity index (χ2v) is 5.77. The van der Waals surface area contributed by atoms with Crippen LogP contribution in [-0.2, 0) is 0 Å². The van der Waals surface area contributed by atoms with Crippen molar-refractivity contribution in [3.63, 3.8) is 0 Å². The fraction of sp³-hybridized carbons (Fsp3) is 0.600. The minimum absolute atomic E-state index is 0.00981. The summed E-state index contributed by atoms with van der Waals surface area (Å²) in [5, 5.41) is 0.498. The van der Waals surface area contributed by atoms with Crippen LogP contribution >= 0.6 is 11.6 Å². The Morgan fingerprint density at radius 1 is 1.32 bits per heavy atom. The molecule has 1 heterocycles. The smallest absolute Gasteiger partial charge is 0.256 e. The summed E-state index contributed by atoms with van der Waals surface area (Å²) >= 11 is 6.15. The third-order valence-corrected chi connectivity index (χ3v) is 4.23. The van der Waals surface area contributed by atoms with Crippen molar-refractivity contribution in [1.29, 1.82) is 0 Å². The number of aryl methyl sites for hydroxylation is 1. The number of pyridine rings is 1. The topological polar surface area (TPSA) is 33.2 Å². The number of carbonyl (C=O) groups excluding carboxylic acids is 1. The van der Waals surface area contributed by atoms with Crippen LogP contribution in [0.2, 0.25) is 5.02 Å². The van der Waals surface area contributed by atoms with Gasteiger partial charge in [0.25, 0.3) is 5.91 Å². The molecule has 0 saturated heterocycles. The summed E-state index contributed by atoms with van der Waals surface area (Å²) in [6.07, 6.45) is 8.77. The van der Waals surface area contributed by atoms with E-state index in [0.717, 1.165) is 18.5 Å². The Balaban J connectivity index is 2.13. The monoisotopic (exact) mass is 280 g/mol. The van der Waals surface area contributed by atoms with Crippen molar-refractivity contribution >= 4 is 17.5 Å². The standard InChI is InChI=1S/C15H21ClN2O/c1-11-9-14(16)13(10-17-11)15(19)18(2)12-7-5-3-4-6-8-12/h9-10,12H,3-8H2,1-2H3. The summed E-state index contributed by atoms with van der Waals surface area (Å²) < 4.78 is 0. The van der Waals surface area contributed by atoms with Crippen molar-refractivity contribution < 1.29 is 4.79 Å². The number of nitrogens with zero attached hydrogens (tertiary/aromatic N) is 2. The Labute approximate surface area is 120 Å². The molecule has 0 atom stereocenters. The zero-order valence-corrected chi connectivity index (χ0v) is 12.4. The zero-order valence-electron chi connectivity index (χ0n) is 11.7. The van der Waals surface area contributed by atoms with Gasteiger partial charge in [0, 0.05) is 25.0 Å². The molecule has 0 N–H and O–H groups in total. The van der Waals surface area contributed by atoms with Crippen LogP contribution in [0.4, 0.5) is 0 Å². The predicted octanol–water partition coefficient (Wildman–Crippen LogP) is 3.84. The fourth-order valence-electron chi connectivity index (χ4n) is 2.68. The highest BCUT2D eigenvalue weighted by molar-refractivity contribution is 6.33. The summed E-state index contributed by atoms with van der Waals surface area (Å²) in [7, 11) is 1.88. The molecule has 104 valence electrons. The molecule has 1 fully saturated rings. The number of hydrogen-bond acceptors (Lipinski definition) is 2. The van der Waals surface area contributed by atoms with E-state index in [1.807, 2.05) is 18.9 Å². The first-order valence-electron chi connectivity index (χ1n) is 6.99. The lowest BCUT2D eigenvalue weighted by Gasteiger charge is -2.27. The SMILES string of the molecule is Cc1cc(Cl)c(C(=O)N(C)C2CCCCCC2)cn1. The van der Waals surface area contributed by atoms with Crippen molar-refractivity contribution in [1.82, 2.24) is 9.88 Å². The molecule has 3 nitrogen and oxygen atoms in total. The molecular weight excluding hydrogens is 260 g/mol. The Kier molecular flexibility index (Phi) is 4.81. The van der Waals surface area contributed by atoms with E-state index in [-0.39, 0.29) is 5.91 Å². The summed E-state index contributed by atoms with van der Waals surface area (Å²) in [5.41, 5.74) is 1.35. The highest BCUT2D eigenvalue weighted by Gasteiger charge is 2.23. The van der Waals surface area contributed by atoms with E-state index in [9.17, 15) is 4.79 Å². The molecule has 1 aliphatic carbocycles. The number of hydrogen-bond donors (Lipinski definition) is 0. The van der Waals surface area contributed by atoms with Gasteiger partial charge in [-0.2, -0.15) is 0 Å². The van der Waals surface area contributed by atoms with Crippen molar-refractivity contribution in [2.24, 2.45) is 0 Å². The minimum atomic E-state index is -0.00981. The van der Waals surface area contributed by atoms with E-state index in [1.165, 1.54) is 25.7 Å². The fourth-order valence-corrected chi connectivity index (χ4v) is 2.97. The zero-order chi connectivity index (χ0) is 13.8. The molecule has 1 aromatic heterocycles. The maximum Gasteiger partial charge on any atom is 0.256 e. The van der Waals surface area contributed by atoms with Gasteiger partial charge in [0.1, 0.15) is 0 Å². The lowest BCUT2D eigenvalue weighted by atomic mass is 10.1. The Bertz CT molecular complexity index is 453. The van der Waals surface area contributed by atoms with Gasteiger partial charge in [-0.05, 0) is 25.8 Å². The first-order chi connectivity index (χ1) is 9.09. The van der Waals surface area contributed by atoms with Crippen LogP contribution in [0.15, 0.2) is 12.3 Å². The average Bonchev–Trinajstić information content (AvgIpc) is 2.66. The molecule has 0 unspecified atom stereocenters. The van der Waals surface area contributed by atoms with E-state index in [0.29, 0.717) is 16.6 Å². The highest BCUT2D eigenvalue weighted by atomic mass is 35.5. The second-order valence-electron chi connectivity index (χ2n) is 5.37. The maximum atomic E-state index is 12.5. The largest absolute Gasteiger partial charge is 0.339 e. The van der Waals surface area contributed by atoms with E-state index in [2.05, 4.69) is 4.98 Å². The first kappa shape index (κ1) is 14.3. The number of carbonyl (C=O) groups is 1. The normalized spacial score (nSPS) is 17.0.